The van der Waals surface area contributed by atoms with Gasteiger partial charge in [-0.1, -0.05) is 17.2 Å². The average molecular weight is 208 g/mol. The zero-order chi connectivity index (χ0) is 10.8. The molecule has 2 aromatic heterocycles. The van der Waals surface area contributed by atoms with Crippen LogP contribution in [-0.4, -0.2) is 21.8 Å². The molecule has 0 saturated carbocycles. The third-order valence-corrected chi connectivity index (χ3v) is 2.22. The van der Waals surface area contributed by atoms with E-state index >= 15 is 0 Å². The lowest BCUT2D eigenvalue weighted by Crippen LogP contribution is -2.10. The van der Waals surface area contributed by atoms with E-state index in [1.807, 2.05) is 6.92 Å². The largest absolute Gasteiger partial charge is 0.361 e. The summed E-state index contributed by atoms with van der Waals surface area (Å²) in [5.41, 5.74) is 6.23. The fourth-order valence-electron chi connectivity index (χ4n) is 1.15. The molecule has 1 unspecified atom stereocenters. The summed E-state index contributed by atoms with van der Waals surface area (Å²) >= 11 is 0. The predicted octanol–water partition coefficient (Wildman–Crippen LogP) is 1.10. The van der Waals surface area contributed by atoms with Crippen LogP contribution in [0.1, 0.15) is 24.4 Å². The molecule has 0 saturated heterocycles. The molecule has 0 aliphatic heterocycles. The first kappa shape index (κ1) is 9.85. The molecule has 1 atom stereocenters. The van der Waals surface area contributed by atoms with E-state index in [0.29, 0.717) is 24.0 Å². The summed E-state index contributed by atoms with van der Waals surface area (Å²) in [6.45, 7) is 4.22. The quantitative estimate of drug-likeness (QED) is 0.811. The van der Waals surface area contributed by atoms with E-state index in [4.69, 9.17) is 14.8 Å². The number of aromatic nitrogens is 3. The van der Waals surface area contributed by atoms with Gasteiger partial charge in [-0.05, 0) is 6.92 Å². The Morgan fingerprint density at radius 2 is 2.27 bits per heavy atom. The van der Waals surface area contributed by atoms with Gasteiger partial charge in [0.15, 0.2) is 5.82 Å². The van der Waals surface area contributed by atoms with Gasteiger partial charge in [0.1, 0.15) is 11.3 Å². The lowest BCUT2D eigenvalue weighted by molar-refractivity contribution is 0.395. The Kier molecular flexibility index (Phi) is 2.51. The Labute approximate surface area is 86.4 Å². The number of nitrogens with two attached hydrogens (primary N) is 1. The van der Waals surface area contributed by atoms with Crippen molar-refractivity contribution in [3.63, 3.8) is 0 Å². The van der Waals surface area contributed by atoms with Gasteiger partial charge in [0.05, 0.1) is 6.20 Å². The molecule has 0 spiro atoms. The number of hydrogen-bond donors (Lipinski definition) is 1. The fraction of sp³-hybridized carbons (Fsp3) is 0.444. The van der Waals surface area contributed by atoms with E-state index in [1.165, 1.54) is 0 Å². The van der Waals surface area contributed by atoms with Crippen LogP contribution in [0, 0.1) is 6.92 Å². The number of aryl methyl sites for hydroxylation is 1. The average Bonchev–Trinajstić information content (AvgIpc) is 2.84. The Balaban J connectivity index is 2.32. The molecule has 2 N–H and O–H groups in total. The van der Waals surface area contributed by atoms with Crippen molar-refractivity contribution in [2.24, 2.45) is 5.73 Å². The van der Waals surface area contributed by atoms with Gasteiger partial charge in [-0.2, -0.15) is 4.98 Å². The summed E-state index contributed by atoms with van der Waals surface area (Å²) in [6, 6.07) is 0. The summed E-state index contributed by atoms with van der Waals surface area (Å²) < 4.78 is 10.0. The fourth-order valence-corrected chi connectivity index (χ4v) is 1.15. The molecule has 6 heteroatoms. The molecule has 80 valence electrons. The summed E-state index contributed by atoms with van der Waals surface area (Å²) in [7, 11) is 0. The van der Waals surface area contributed by atoms with E-state index in [-0.39, 0.29) is 5.92 Å². The Morgan fingerprint density at radius 3 is 2.87 bits per heavy atom. The second-order valence-corrected chi connectivity index (χ2v) is 3.39. The molecule has 0 aliphatic rings. The van der Waals surface area contributed by atoms with Gasteiger partial charge in [-0.15, -0.1) is 0 Å². The molecule has 0 aromatic carbocycles. The Morgan fingerprint density at radius 1 is 1.47 bits per heavy atom. The first-order chi connectivity index (χ1) is 7.22. The molecular formula is C9H12N4O2. The van der Waals surface area contributed by atoms with Gasteiger partial charge in [0, 0.05) is 12.5 Å². The monoisotopic (exact) mass is 208 g/mol. The number of rotatable bonds is 3. The van der Waals surface area contributed by atoms with Gasteiger partial charge in [0.2, 0.25) is 0 Å². The highest BCUT2D eigenvalue weighted by Gasteiger charge is 2.16. The molecule has 0 aliphatic carbocycles. The standard InChI is InChI=1S/C9H12N4O2/c1-5(3-10)8-12-9(15-13-8)7-4-11-14-6(7)2/h4-5H,3,10H2,1-2H3. The van der Waals surface area contributed by atoms with Crippen LogP contribution >= 0.6 is 0 Å². The molecule has 2 aromatic rings. The van der Waals surface area contributed by atoms with E-state index in [2.05, 4.69) is 15.3 Å². The predicted molar refractivity (Wildman–Crippen MR) is 52.0 cm³/mol. The van der Waals surface area contributed by atoms with Crippen molar-refractivity contribution in [3.05, 3.63) is 17.8 Å². The van der Waals surface area contributed by atoms with Crippen molar-refractivity contribution in [1.29, 1.82) is 0 Å². The van der Waals surface area contributed by atoms with Crippen LogP contribution in [0.2, 0.25) is 0 Å². The van der Waals surface area contributed by atoms with Crippen LogP contribution in [0.3, 0.4) is 0 Å². The zero-order valence-corrected chi connectivity index (χ0v) is 8.60. The van der Waals surface area contributed by atoms with Crippen molar-refractivity contribution in [3.8, 4) is 11.5 Å². The highest BCUT2D eigenvalue weighted by molar-refractivity contribution is 5.53. The third-order valence-electron chi connectivity index (χ3n) is 2.22. The van der Waals surface area contributed by atoms with Gasteiger partial charge in [-0.3, -0.25) is 0 Å². The molecule has 0 radical (unpaired) electrons. The minimum atomic E-state index is 0.0858. The van der Waals surface area contributed by atoms with Gasteiger partial charge < -0.3 is 14.8 Å². The van der Waals surface area contributed by atoms with Crippen molar-refractivity contribution < 1.29 is 9.05 Å². The Hall–Kier alpha value is -1.69. The molecular weight excluding hydrogens is 196 g/mol. The summed E-state index contributed by atoms with van der Waals surface area (Å²) in [4.78, 5) is 4.23. The van der Waals surface area contributed by atoms with E-state index in [1.54, 1.807) is 13.1 Å². The Bertz CT molecular complexity index is 448. The highest BCUT2D eigenvalue weighted by atomic mass is 16.5. The van der Waals surface area contributed by atoms with E-state index in [0.717, 1.165) is 5.56 Å². The lowest BCUT2D eigenvalue weighted by atomic mass is 10.2. The number of hydrogen-bond acceptors (Lipinski definition) is 6. The van der Waals surface area contributed by atoms with Crippen molar-refractivity contribution in [1.82, 2.24) is 15.3 Å². The summed E-state index contributed by atoms with van der Waals surface area (Å²) in [5.74, 6) is 1.77. The lowest BCUT2D eigenvalue weighted by Gasteiger charge is -1.98. The van der Waals surface area contributed by atoms with Crippen molar-refractivity contribution in [2.75, 3.05) is 6.54 Å². The molecule has 0 fully saturated rings. The third kappa shape index (κ3) is 1.75. The molecule has 2 heterocycles. The second kappa shape index (κ2) is 3.82. The van der Waals surface area contributed by atoms with Crippen LogP contribution in [0.4, 0.5) is 0 Å². The summed E-state index contributed by atoms with van der Waals surface area (Å²) in [5, 5.41) is 7.49. The summed E-state index contributed by atoms with van der Waals surface area (Å²) in [6.07, 6.45) is 1.56. The molecule has 15 heavy (non-hydrogen) atoms. The smallest absolute Gasteiger partial charge is 0.263 e. The maximum atomic E-state index is 5.51. The van der Waals surface area contributed by atoms with Gasteiger partial charge >= 0.3 is 0 Å². The highest BCUT2D eigenvalue weighted by Crippen LogP contribution is 2.22. The van der Waals surface area contributed by atoms with Crippen LogP contribution in [0.5, 0.6) is 0 Å². The van der Waals surface area contributed by atoms with Crippen LogP contribution in [0.25, 0.3) is 11.5 Å². The zero-order valence-electron chi connectivity index (χ0n) is 8.60. The molecule has 0 amide bonds. The number of nitrogens with zero attached hydrogens (tertiary/aromatic N) is 3. The molecule has 2 rings (SSSR count). The van der Waals surface area contributed by atoms with Gasteiger partial charge in [0.25, 0.3) is 5.89 Å². The topological polar surface area (TPSA) is 91.0 Å². The van der Waals surface area contributed by atoms with Crippen molar-refractivity contribution in [2.45, 2.75) is 19.8 Å². The molecule has 0 bridgehead atoms. The van der Waals surface area contributed by atoms with Gasteiger partial charge in [-0.25, -0.2) is 0 Å². The van der Waals surface area contributed by atoms with E-state index < -0.39 is 0 Å². The van der Waals surface area contributed by atoms with E-state index in [9.17, 15) is 0 Å². The first-order valence-electron chi connectivity index (χ1n) is 4.67. The maximum absolute atomic E-state index is 5.51. The first-order valence-corrected chi connectivity index (χ1v) is 4.67. The van der Waals surface area contributed by atoms with Crippen LogP contribution in [0.15, 0.2) is 15.2 Å². The SMILES string of the molecule is Cc1oncc1-c1nc(C(C)CN)no1. The minimum Gasteiger partial charge on any atom is -0.361 e. The van der Waals surface area contributed by atoms with Crippen LogP contribution in [-0.2, 0) is 0 Å². The second-order valence-electron chi connectivity index (χ2n) is 3.39. The van der Waals surface area contributed by atoms with Crippen molar-refractivity contribution >= 4 is 0 Å². The normalized spacial score (nSPS) is 13.0. The minimum absolute atomic E-state index is 0.0858. The molecule has 6 nitrogen and oxygen atoms in total. The van der Waals surface area contributed by atoms with Crippen LogP contribution < -0.4 is 5.73 Å². The maximum Gasteiger partial charge on any atom is 0.263 e.